The van der Waals surface area contributed by atoms with Gasteiger partial charge in [-0.2, -0.15) is 0 Å². The maximum Gasteiger partial charge on any atom is 0.249 e. The Bertz CT molecular complexity index is 775. The van der Waals surface area contributed by atoms with E-state index in [-0.39, 0.29) is 6.61 Å². The fourth-order valence-electron chi connectivity index (χ4n) is 5.68. The van der Waals surface area contributed by atoms with Crippen molar-refractivity contribution >= 4 is 5.91 Å². The number of aliphatic hydroxyl groups is 3. The van der Waals surface area contributed by atoms with Gasteiger partial charge in [0, 0.05) is 0 Å². The predicted molar refractivity (Wildman–Crippen MR) is 204 cm³/mol. The van der Waals surface area contributed by atoms with Gasteiger partial charge in [0.05, 0.1) is 18.8 Å². The topological polar surface area (TPSA) is 89.8 Å². The number of carbonyl (C=O) groups excluding carboxylic acids is 1. The van der Waals surface area contributed by atoms with Crippen molar-refractivity contribution in [1.82, 2.24) is 5.32 Å². The van der Waals surface area contributed by atoms with Gasteiger partial charge in [0.15, 0.2) is 0 Å². The first-order chi connectivity index (χ1) is 23.1. The highest BCUT2D eigenvalue weighted by Gasteiger charge is 2.22. The summed E-state index contributed by atoms with van der Waals surface area (Å²) in [5.74, 6) is -0.524. The third kappa shape index (κ3) is 32.6. The average molecular weight is 660 g/mol. The van der Waals surface area contributed by atoms with Gasteiger partial charge in [0.2, 0.25) is 5.91 Å². The molecule has 1 amide bonds. The van der Waals surface area contributed by atoms with Crippen LogP contribution in [0.2, 0.25) is 0 Å². The molecule has 0 fully saturated rings. The molecular weight excluding hydrogens is 582 g/mol. The summed E-state index contributed by atoms with van der Waals surface area (Å²) in [6.07, 6.45) is 47.0. The average Bonchev–Trinajstić information content (AvgIpc) is 3.07. The van der Waals surface area contributed by atoms with Crippen molar-refractivity contribution in [2.24, 2.45) is 0 Å². The summed E-state index contributed by atoms with van der Waals surface area (Å²) >= 11 is 0. The number of carbonyl (C=O) groups is 1. The Morgan fingerprint density at radius 1 is 0.511 bits per heavy atom. The molecule has 0 aliphatic carbocycles. The van der Waals surface area contributed by atoms with E-state index in [1.807, 2.05) is 6.08 Å². The standard InChI is InChI=1S/C42H77NO4/c1-3-5-7-9-11-13-15-17-19-20-21-22-23-25-27-29-31-33-35-37-41(46)42(47)43-39(38-44)40(45)36-34-32-30-28-26-24-18-16-14-12-10-8-6-4-2/h14,16,21-22,26,28,34,36,39-41,44-46H,3-13,15,17-20,23-25,27,29-33,35,37-38H2,1-2H3,(H,43,47)/b16-14+,22-21-,28-26+,36-34+. The molecule has 0 aromatic rings. The molecule has 0 aromatic carbocycles. The Hall–Kier alpha value is -1.69. The highest BCUT2D eigenvalue weighted by Crippen LogP contribution is 2.13. The minimum Gasteiger partial charge on any atom is -0.394 e. The molecule has 0 aliphatic heterocycles. The van der Waals surface area contributed by atoms with Crippen LogP contribution in [0.4, 0.5) is 0 Å². The third-order valence-electron chi connectivity index (χ3n) is 8.87. The van der Waals surface area contributed by atoms with E-state index in [9.17, 15) is 20.1 Å². The second kappa shape index (κ2) is 37.1. The van der Waals surface area contributed by atoms with Crippen LogP contribution in [-0.4, -0.2) is 46.1 Å². The number of nitrogens with one attached hydrogen (secondary N) is 1. The molecule has 0 rings (SSSR count). The number of aliphatic hydroxyl groups excluding tert-OH is 3. The van der Waals surface area contributed by atoms with Gasteiger partial charge < -0.3 is 20.6 Å². The van der Waals surface area contributed by atoms with E-state index in [2.05, 4.69) is 55.6 Å². The number of hydrogen-bond donors (Lipinski definition) is 4. The maximum absolute atomic E-state index is 12.4. The second-order valence-electron chi connectivity index (χ2n) is 13.5. The van der Waals surface area contributed by atoms with Gasteiger partial charge >= 0.3 is 0 Å². The molecule has 0 saturated heterocycles. The van der Waals surface area contributed by atoms with Crippen LogP contribution < -0.4 is 5.32 Å². The molecule has 0 aliphatic rings. The zero-order chi connectivity index (χ0) is 34.5. The molecule has 0 heterocycles. The highest BCUT2D eigenvalue weighted by molar-refractivity contribution is 5.80. The monoisotopic (exact) mass is 660 g/mol. The summed E-state index contributed by atoms with van der Waals surface area (Å²) in [5, 5.41) is 33.0. The van der Waals surface area contributed by atoms with Gasteiger partial charge in [-0.05, 0) is 70.6 Å². The van der Waals surface area contributed by atoms with E-state index >= 15 is 0 Å². The largest absolute Gasteiger partial charge is 0.394 e. The fraction of sp³-hybridized carbons (Fsp3) is 0.786. The first-order valence-electron chi connectivity index (χ1n) is 20.0. The first-order valence-corrected chi connectivity index (χ1v) is 20.0. The van der Waals surface area contributed by atoms with Crippen molar-refractivity contribution in [1.29, 1.82) is 0 Å². The molecule has 0 radical (unpaired) electrons. The van der Waals surface area contributed by atoms with Gasteiger partial charge in [0.25, 0.3) is 0 Å². The lowest BCUT2D eigenvalue weighted by molar-refractivity contribution is -0.131. The minimum atomic E-state index is -1.11. The van der Waals surface area contributed by atoms with Crippen molar-refractivity contribution in [3.63, 3.8) is 0 Å². The lowest BCUT2D eigenvalue weighted by Gasteiger charge is -2.21. The second-order valence-corrected chi connectivity index (χ2v) is 13.5. The fourth-order valence-corrected chi connectivity index (χ4v) is 5.68. The SMILES string of the molecule is CCCCCC/C=C/CC/C=C/CC/C=C/C(O)C(CO)NC(=O)C(O)CCCCCCCC/C=C\CCCCCCCCCCC. The van der Waals surface area contributed by atoms with Crippen LogP contribution in [0.5, 0.6) is 0 Å². The Morgan fingerprint density at radius 2 is 0.872 bits per heavy atom. The van der Waals surface area contributed by atoms with Crippen LogP contribution in [0.15, 0.2) is 48.6 Å². The van der Waals surface area contributed by atoms with Gasteiger partial charge in [-0.15, -0.1) is 0 Å². The summed E-state index contributed by atoms with van der Waals surface area (Å²) in [4.78, 5) is 12.4. The molecule has 0 aromatic heterocycles. The van der Waals surface area contributed by atoms with Crippen LogP contribution in [0.1, 0.15) is 187 Å². The lowest BCUT2D eigenvalue weighted by atomic mass is 10.0. The van der Waals surface area contributed by atoms with E-state index in [0.29, 0.717) is 6.42 Å². The van der Waals surface area contributed by atoms with E-state index in [1.54, 1.807) is 6.08 Å². The molecule has 47 heavy (non-hydrogen) atoms. The smallest absolute Gasteiger partial charge is 0.249 e. The van der Waals surface area contributed by atoms with Gasteiger partial charge in [0.1, 0.15) is 6.10 Å². The normalized spacial score (nSPS) is 14.2. The van der Waals surface area contributed by atoms with E-state index in [1.165, 1.54) is 116 Å². The molecule has 0 saturated carbocycles. The number of hydrogen-bond acceptors (Lipinski definition) is 4. The van der Waals surface area contributed by atoms with Crippen molar-refractivity contribution in [2.45, 2.75) is 205 Å². The molecule has 0 spiro atoms. The van der Waals surface area contributed by atoms with Gasteiger partial charge in [-0.25, -0.2) is 0 Å². The lowest BCUT2D eigenvalue weighted by Crippen LogP contribution is -2.48. The van der Waals surface area contributed by atoms with Crippen molar-refractivity contribution in [3.8, 4) is 0 Å². The Morgan fingerprint density at radius 3 is 1.32 bits per heavy atom. The molecular formula is C42H77NO4. The zero-order valence-corrected chi connectivity index (χ0v) is 30.9. The highest BCUT2D eigenvalue weighted by atomic mass is 16.3. The zero-order valence-electron chi connectivity index (χ0n) is 30.9. The maximum atomic E-state index is 12.4. The Labute approximate surface area is 291 Å². The molecule has 0 bridgehead atoms. The Balaban J connectivity index is 3.78. The van der Waals surface area contributed by atoms with Crippen molar-refractivity contribution < 1.29 is 20.1 Å². The molecule has 5 nitrogen and oxygen atoms in total. The summed E-state index contributed by atoms with van der Waals surface area (Å²) in [7, 11) is 0. The Kier molecular flexibility index (Phi) is 35.8. The number of unbranched alkanes of at least 4 members (excludes halogenated alkanes) is 21. The molecule has 3 unspecified atom stereocenters. The van der Waals surface area contributed by atoms with Crippen molar-refractivity contribution in [3.05, 3.63) is 48.6 Å². The van der Waals surface area contributed by atoms with Crippen LogP contribution >= 0.6 is 0 Å². The summed E-state index contributed by atoms with van der Waals surface area (Å²) in [5.41, 5.74) is 0. The van der Waals surface area contributed by atoms with Crippen LogP contribution in [0.3, 0.4) is 0 Å². The number of rotatable bonds is 35. The van der Waals surface area contributed by atoms with Crippen LogP contribution in [-0.2, 0) is 4.79 Å². The molecule has 4 N–H and O–H groups in total. The van der Waals surface area contributed by atoms with Crippen LogP contribution in [0.25, 0.3) is 0 Å². The quantitative estimate of drug-likeness (QED) is 0.0402. The molecule has 274 valence electrons. The summed E-state index contributed by atoms with van der Waals surface area (Å²) < 4.78 is 0. The van der Waals surface area contributed by atoms with Gasteiger partial charge in [-0.3, -0.25) is 4.79 Å². The van der Waals surface area contributed by atoms with E-state index in [4.69, 9.17) is 0 Å². The number of amides is 1. The van der Waals surface area contributed by atoms with E-state index < -0.39 is 24.2 Å². The minimum absolute atomic E-state index is 0.384. The van der Waals surface area contributed by atoms with Gasteiger partial charge in [-0.1, -0.05) is 165 Å². The predicted octanol–water partition coefficient (Wildman–Crippen LogP) is 11.0. The summed E-state index contributed by atoms with van der Waals surface area (Å²) in [6, 6.07) is -0.822. The number of allylic oxidation sites excluding steroid dienone is 7. The third-order valence-corrected chi connectivity index (χ3v) is 8.87. The summed E-state index contributed by atoms with van der Waals surface area (Å²) in [6.45, 7) is 4.13. The molecule has 3 atom stereocenters. The molecule has 5 heteroatoms. The van der Waals surface area contributed by atoms with Crippen molar-refractivity contribution in [2.75, 3.05) is 6.61 Å². The first kappa shape index (κ1) is 45.3. The van der Waals surface area contributed by atoms with E-state index in [0.717, 1.165) is 51.4 Å². The van der Waals surface area contributed by atoms with Crippen LogP contribution in [0, 0.1) is 0 Å².